The van der Waals surface area contributed by atoms with Gasteiger partial charge in [-0.1, -0.05) is 6.07 Å². The second-order valence-electron chi connectivity index (χ2n) is 6.16. The van der Waals surface area contributed by atoms with Gasteiger partial charge in [0.15, 0.2) is 0 Å². The van der Waals surface area contributed by atoms with Gasteiger partial charge in [-0.25, -0.2) is 14.8 Å². The third-order valence-electron chi connectivity index (χ3n) is 3.23. The van der Waals surface area contributed by atoms with Gasteiger partial charge in [-0.3, -0.25) is 4.79 Å². The summed E-state index contributed by atoms with van der Waals surface area (Å²) in [6.07, 6.45) is 0.328. The van der Waals surface area contributed by atoms with E-state index in [1.54, 1.807) is 11.3 Å². The average molecular weight is 310 g/mol. The Morgan fingerprint density at radius 2 is 1.95 bits per heavy atom. The minimum Gasteiger partial charge on any atom is -0.442 e. The van der Waals surface area contributed by atoms with Gasteiger partial charge in [0.2, 0.25) is 5.91 Å². The van der Waals surface area contributed by atoms with Crippen LogP contribution in [0.4, 0.5) is 4.79 Å². The summed E-state index contributed by atoms with van der Waals surface area (Å²) in [5.41, 5.74) is -0.562. The van der Waals surface area contributed by atoms with Crippen molar-refractivity contribution < 1.29 is 14.3 Å². The number of ether oxygens (including phenoxy) is 1. The van der Waals surface area contributed by atoms with Crippen LogP contribution in [0.5, 0.6) is 0 Å². The highest BCUT2D eigenvalue weighted by Crippen LogP contribution is 2.26. The Labute approximate surface area is 129 Å². The summed E-state index contributed by atoms with van der Waals surface area (Å²) in [5, 5.41) is 4.91. The molecule has 0 radical (unpaired) electrons. The summed E-state index contributed by atoms with van der Waals surface area (Å²) in [5.74, 6) is -0.297. The lowest BCUT2D eigenvalue weighted by atomic mass is 10.1. The van der Waals surface area contributed by atoms with Crippen LogP contribution in [0.15, 0.2) is 17.5 Å². The highest BCUT2D eigenvalue weighted by Gasteiger charge is 2.36. The molecule has 1 aromatic heterocycles. The largest absolute Gasteiger partial charge is 0.442 e. The van der Waals surface area contributed by atoms with Crippen molar-refractivity contribution in [2.45, 2.75) is 45.6 Å². The average Bonchev–Trinajstić information content (AvgIpc) is 3.05. The number of carbonyl (C=O) groups is 2. The number of hydrazine groups is 1. The summed E-state index contributed by atoms with van der Waals surface area (Å²) in [6.45, 7) is 8.43. The Morgan fingerprint density at radius 1 is 1.29 bits per heavy atom. The number of hydrogen-bond acceptors (Lipinski definition) is 4. The third kappa shape index (κ3) is 3.75. The molecule has 2 heterocycles. The molecule has 5 nitrogen and oxygen atoms in total. The quantitative estimate of drug-likeness (QED) is 0.842. The molecule has 0 unspecified atom stereocenters. The van der Waals surface area contributed by atoms with Crippen LogP contribution < -0.4 is 0 Å². The highest BCUT2D eigenvalue weighted by atomic mass is 32.1. The maximum atomic E-state index is 12.6. The van der Waals surface area contributed by atoms with E-state index in [0.29, 0.717) is 13.1 Å². The van der Waals surface area contributed by atoms with E-state index in [1.165, 1.54) is 10.0 Å². The topological polar surface area (TPSA) is 49.9 Å². The molecule has 1 saturated heterocycles. The van der Waals surface area contributed by atoms with Gasteiger partial charge >= 0.3 is 6.09 Å². The summed E-state index contributed by atoms with van der Waals surface area (Å²) in [4.78, 5) is 25.8. The van der Waals surface area contributed by atoms with Crippen LogP contribution in [0, 0.1) is 0 Å². The van der Waals surface area contributed by atoms with E-state index in [1.807, 2.05) is 45.2 Å². The number of rotatable bonds is 2. The van der Waals surface area contributed by atoms with Gasteiger partial charge in [0, 0.05) is 18.0 Å². The molecule has 116 valence electrons. The molecule has 1 fully saturated rings. The molecule has 1 aliphatic rings. The second-order valence-corrected chi connectivity index (χ2v) is 7.13. The maximum absolute atomic E-state index is 12.6. The standard InChI is InChI=1S/C15H22N2O3S/c1-11(12-7-5-10-21-12)13(18)16-8-6-9-17(16)14(19)20-15(2,3)4/h5,7,10-11H,6,8-9H2,1-4H3/t11-/m1/s1. The molecule has 2 rings (SSSR count). The van der Waals surface area contributed by atoms with Crippen LogP contribution in [0.1, 0.15) is 44.9 Å². The number of nitrogens with zero attached hydrogens (tertiary/aromatic N) is 2. The molecule has 0 aliphatic carbocycles. The van der Waals surface area contributed by atoms with Crippen molar-refractivity contribution in [3.05, 3.63) is 22.4 Å². The van der Waals surface area contributed by atoms with E-state index in [0.717, 1.165) is 11.3 Å². The Kier molecular flexibility index (Phi) is 4.56. The molecule has 1 atom stereocenters. The highest BCUT2D eigenvalue weighted by molar-refractivity contribution is 7.10. The van der Waals surface area contributed by atoms with E-state index < -0.39 is 11.7 Å². The van der Waals surface area contributed by atoms with E-state index >= 15 is 0 Å². The zero-order chi connectivity index (χ0) is 15.6. The minimum atomic E-state index is -0.562. The van der Waals surface area contributed by atoms with Crippen molar-refractivity contribution in [1.82, 2.24) is 10.0 Å². The molecule has 0 aromatic carbocycles. The molecule has 21 heavy (non-hydrogen) atoms. The molecule has 6 heteroatoms. The lowest BCUT2D eigenvalue weighted by Gasteiger charge is -2.31. The summed E-state index contributed by atoms with van der Waals surface area (Å²) in [6, 6.07) is 3.88. The van der Waals surface area contributed by atoms with Gasteiger partial charge in [0.05, 0.1) is 5.92 Å². The molecular formula is C15H22N2O3S. The van der Waals surface area contributed by atoms with Crippen LogP contribution in [-0.4, -0.2) is 40.7 Å². The fourth-order valence-electron chi connectivity index (χ4n) is 2.23. The SMILES string of the molecule is C[C@@H](C(=O)N1CCCN1C(=O)OC(C)(C)C)c1cccs1. The maximum Gasteiger partial charge on any atom is 0.429 e. The van der Waals surface area contributed by atoms with Gasteiger partial charge < -0.3 is 4.74 Å². The summed E-state index contributed by atoms with van der Waals surface area (Å²) < 4.78 is 5.37. The normalized spacial score (nSPS) is 17.0. The van der Waals surface area contributed by atoms with Crippen molar-refractivity contribution in [3.63, 3.8) is 0 Å². The number of hydrogen-bond donors (Lipinski definition) is 0. The smallest absolute Gasteiger partial charge is 0.429 e. The summed E-state index contributed by atoms with van der Waals surface area (Å²) >= 11 is 1.56. The van der Waals surface area contributed by atoms with Crippen LogP contribution in [0.2, 0.25) is 0 Å². The van der Waals surface area contributed by atoms with E-state index in [-0.39, 0.29) is 11.8 Å². The molecule has 1 aromatic rings. The fourth-order valence-corrected chi connectivity index (χ4v) is 3.00. The fraction of sp³-hybridized carbons (Fsp3) is 0.600. The van der Waals surface area contributed by atoms with Crippen molar-refractivity contribution in [2.75, 3.05) is 13.1 Å². The van der Waals surface area contributed by atoms with Gasteiger partial charge in [-0.05, 0) is 45.6 Å². The molecule has 0 bridgehead atoms. The lowest BCUT2D eigenvalue weighted by molar-refractivity contribution is -0.144. The van der Waals surface area contributed by atoms with Crippen molar-refractivity contribution in [2.24, 2.45) is 0 Å². The van der Waals surface area contributed by atoms with Crippen molar-refractivity contribution >= 4 is 23.3 Å². The zero-order valence-corrected chi connectivity index (χ0v) is 13.8. The van der Waals surface area contributed by atoms with Crippen LogP contribution in [0.25, 0.3) is 0 Å². The first-order valence-corrected chi connectivity index (χ1v) is 8.03. The Bertz CT molecular complexity index is 507. The first-order chi connectivity index (χ1) is 9.79. The molecule has 0 N–H and O–H groups in total. The van der Waals surface area contributed by atoms with E-state index in [2.05, 4.69) is 0 Å². The first-order valence-electron chi connectivity index (χ1n) is 7.15. The van der Waals surface area contributed by atoms with Gasteiger partial charge in [0.1, 0.15) is 5.60 Å². The predicted molar refractivity (Wildman–Crippen MR) is 82.0 cm³/mol. The van der Waals surface area contributed by atoms with Gasteiger partial charge in [-0.2, -0.15) is 0 Å². The van der Waals surface area contributed by atoms with Gasteiger partial charge in [-0.15, -0.1) is 11.3 Å². The molecule has 1 aliphatic heterocycles. The predicted octanol–water partition coefficient (Wildman–Crippen LogP) is 3.24. The third-order valence-corrected chi connectivity index (χ3v) is 4.29. The number of thiophene rings is 1. The Morgan fingerprint density at radius 3 is 2.52 bits per heavy atom. The summed E-state index contributed by atoms with van der Waals surface area (Å²) in [7, 11) is 0. The van der Waals surface area contributed by atoms with E-state index in [9.17, 15) is 9.59 Å². The monoisotopic (exact) mass is 310 g/mol. The number of amides is 2. The van der Waals surface area contributed by atoms with E-state index in [4.69, 9.17) is 4.74 Å². The lowest BCUT2D eigenvalue weighted by Crippen LogP contribution is -2.48. The Hall–Kier alpha value is -1.56. The minimum absolute atomic E-state index is 0.0548. The molecular weight excluding hydrogens is 288 g/mol. The second kappa shape index (κ2) is 6.05. The van der Waals surface area contributed by atoms with Gasteiger partial charge in [0.25, 0.3) is 0 Å². The van der Waals surface area contributed by atoms with Crippen LogP contribution >= 0.6 is 11.3 Å². The van der Waals surface area contributed by atoms with Crippen LogP contribution in [-0.2, 0) is 9.53 Å². The molecule has 0 saturated carbocycles. The molecule has 2 amide bonds. The van der Waals surface area contributed by atoms with Crippen LogP contribution in [0.3, 0.4) is 0 Å². The van der Waals surface area contributed by atoms with Crippen molar-refractivity contribution in [3.8, 4) is 0 Å². The van der Waals surface area contributed by atoms with Crippen molar-refractivity contribution in [1.29, 1.82) is 0 Å². The number of carbonyl (C=O) groups excluding carboxylic acids is 2. The first kappa shape index (κ1) is 15.8. The molecule has 0 spiro atoms. The Balaban J connectivity index is 2.08. The zero-order valence-electron chi connectivity index (χ0n) is 13.0.